The molecule has 0 aromatic rings. The van der Waals surface area contributed by atoms with Crippen LogP contribution in [0.25, 0.3) is 0 Å². The van der Waals surface area contributed by atoms with Gasteiger partial charge in [-0.25, -0.2) is 0 Å². The Balaban J connectivity index is 2.18. The van der Waals surface area contributed by atoms with E-state index in [9.17, 15) is 4.79 Å². The third kappa shape index (κ3) is 4.24. The van der Waals surface area contributed by atoms with Crippen molar-refractivity contribution < 1.29 is 14.6 Å². The number of nitrogens with zero attached hydrogens (tertiary/aromatic N) is 1. The van der Waals surface area contributed by atoms with Crippen LogP contribution in [0.2, 0.25) is 0 Å². The van der Waals surface area contributed by atoms with Crippen LogP contribution in [-0.2, 0) is 9.53 Å². The third-order valence-corrected chi connectivity index (χ3v) is 2.19. The van der Waals surface area contributed by atoms with Crippen LogP contribution in [0.3, 0.4) is 0 Å². The highest BCUT2D eigenvalue weighted by Crippen LogP contribution is 2.13. The van der Waals surface area contributed by atoms with Crippen molar-refractivity contribution in [3.05, 3.63) is 0 Å². The number of ether oxygens (including phenoxy) is 1. The number of hydrogen-bond acceptors (Lipinski definition) is 3. The molecule has 0 aromatic carbocycles. The largest absolute Gasteiger partial charge is 0.480 e. The van der Waals surface area contributed by atoms with Gasteiger partial charge in [0.25, 0.3) is 0 Å². The standard InChI is InChI=1S/C9H17NO3/c1-10(7-9(11)12)6-8-4-2-3-5-13-8/h8H,2-7H2,1H3,(H,11,12). The molecule has 1 aliphatic rings. The maximum atomic E-state index is 10.4. The summed E-state index contributed by atoms with van der Waals surface area (Å²) in [5, 5.41) is 8.53. The minimum atomic E-state index is -0.779. The van der Waals surface area contributed by atoms with Crippen LogP contribution in [0.4, 0.5) is 0 Å². The topological polar surface area (TPSA) is 49.8 Å². The Labute approximate surface area is 78.5 Å². The second kappa shape index (κ2) is 5.19. The Morgan fingerprint density at radius 1 is 1.62 bits per heavy atom. The Hall–Kier alpha value is -0.610. The molecule has 1 heterocycles. The smallest absolute Gasteiger partial charge is 0.317 e. The van der Waals surface area contributed by atoms with E-state index in [1.54, 1.807) is 4.90 Å². The van der Waals surface area contributed by atoms with Gasteiger partial charge in [-0.05, 0) is 26.3 Å². The van der Waals surface area contributed by atoms with E-state index >= 15 is 0 Å². The molecule has 1 N–H and O–H groups in total. The molecule has 13 heavy (non-hydrogen) atoms. The Bertz CT molecular complexity index is 166. The molecule has 4 heteroatoms. The monoisotopic (exact) mass is 187 g/mol. The normalized spacial score (nSPS) is 23.4. The van der Waals surface area contributed by atoms with Crippen LogP contribution in [0.5, 0.6) is 0 Å². The van der Waals surface area contributed by atoms with E-state index in [1.165, 1.54) is 6.42 Å². The van der Waals surface area contributed by atoms with Crippen LogP contribution in [0.15, 0.2) is 0 Å². The molecule has 1 fully saturated rings. The lowest BCUT2D eigenvalue weighted by molar-refractivity contribution is -0.138. The van der Waals surface area contributed by atoms with Crippen molar-refractivity contribution in [2.45, 2.75) is 25.4 Å². The molecule has 1 rings (SSSR count). The van der Waals surface area contributed by atoms with Crippen molar-refractivity contribution in [1.82, 2.24) is 4.90 Å². The highest BCUT2D eigenvalue weighted by atomic mass is 16.5. The zero-order valence-corrected chi connectivity index (χ0v) is 8.03. The Kier molecular flexibility index (Phi) is 4.18. The van der Waals surface area contributed by atoms with Gasteiger partial charge >= 0.3 is 5.97 Å². The average Bonchev–Trinajstić information content (AvgIpc) is 2.04. The van der Waals surface area contributed by atoms with Crippen molar-refractivity contribution in [2.24, 2.45) is 0 Å². The molecule has 0 bridgehead atoms. The fourth-order valence-electron chi connectivity index (χ4n) is 1.59. The molecule has 0 amide bonds. The van der Waals surface area contributed by atoms with Gasteiger partial charge in [0.15, 0.2) is 0 Å². The molecule has 0 aliphatic carbocycles. The quantitative estimate of drug-likeness (QED) is 0.699. The zero-order chi connectivity index (χ0) is 9.68. The molecule has 0 aromatic heterocycles. The van der Waals surface area contributed by atoms with Crippen LogP contribution in [-0.4, -0.2) is 48.8 Å². The molecule has 1 aliphatic heterocycles. The fraction of sp³-hybridized carbons (Fsp3) is 0.889. The highest BCUT2D eigenvalue weighted by molar-refractivity contribution is 5.68. The summed E-state index contributed by atoms with van der Waals surface area (Å²) in [4.78, 5) is 12.2. The number of carbonyl (C=O) groups is 1. The van der Waals surface area contributed by atoms with E-state index in [2.05, 4.69) is 0 Å². The first kappa shape index (κ1) is 10.5. The maximum absolute atomic E-state index is 10.4. The van der Waals surface area contributed by atoms with Gasteiger partial charge in [-0.3, -0.25) is 9.69 Å². The van der Waals surface area contributed by atoms with E-state index in [-0.39, 0.29) is 12.6 Å². The van der Waals surface area contributed by atoms with Crippen molar-refractivity contribution in [2.75, 3.05) is 26.7 Å². The van der Waals surface area contributed by atoms with Gasteiger partial charge in [-0.1, -0.05) is 0 Å². The van der Waals surface area contributed by atoms with Crippen molar-refractivity contribution >= 4 is 5.97 Å². The molecular formula is C9H17NO3. The van der Waals surface area contributed by atoms with Crippen molar-refractivity contribution in [1.29, 1.82) is 0 Å². The summed E-state index contributed by atoms with van der Waals surface area (Å²) in [6.45, 7) is 1.65. The highest BCUT2D eigenvalue weighted by Gasteiger charge is 2.16. The second-order valence-corrected chi connectivity index (χ2v) is 3.58. The summed E-state index contributed by atoms with van der Waals surface area (Å²) in [5.74, 6) is -0.779. The van der Waals surface area contributed by atoms with Crippen LogP contribution in [0, 0.1) is 0 Å². The lowest BCUT2D eigenvalue weighted by Gasteiger charge is -2.26. The number of aliphatic carboxylic acids is 1. The third-order valence-electron chi connectivity index (χ3n) is 2.19. The summed E-state index contributed by atoms with van der Waals surface area (Å²) < 4.78 is 5.50. The van der Waals surface area contributed by atoms with E-state index in [0.29, 0.717) is 0 Å². The van der Waals surface area contributed by atoms with Crippen LogP contribution >= 0.6 is 0 Å². The first-order valence-corrected chi connectivity index (χ1v) is 4.70. The summed E-state index contributed by atoms with van der Waals surface area (Å²) in [6.07, 6.45) is 3.63. The predicted molar refractivity (Wildman–Crippen MR) is 48.7 cm³/mol. The first-order chi connectivity index (χ1) is 6.18. The lowest BCUT2D eigenvalue weighted by atomic mass is 10.1. The molecular weight excluding hydrogens is 170 g/mol. The van der Waals surface area contributed by atoms with Crippen molar-refractivity contribution in [3.63, 3.8) is 0 Å². The summed E-state index contributed by atoms with van der Waals surface area (Å²) in [7, 11) is 1.81. The minimum Gasteiger partial charge on any atom is -0.480 e. The predicted octanol–water partition coefficient (Wildman–Crippen LogP) is 0.572. The van der Waals surface area contributed by atoms with E-state index in [4.69, 9.17) is 9.84 Å². The van der Waals surface area contributed by atoms with E-state index in [0.717, 1.165) is 26.0 Å². The SMILES string of the molecule is CN(CC(=O)O)CC1CCCCO1. The zero-order valence-electron chi connectivity index (χ0n) is 8.03. The van der Waals surface area contributed by atoms with Gasteiger partial charge in [0.1, 0.15) is 0 Å². The van der Waals surface area contributed by atoms with Crippen molar-refractivity contribution in [3.8, 4) is 0 Å². The van der Waals surface area contributed by atoms with Gasteiger partial charge in [0.05, 0.1) is 12.6 Å². The van der Waals surface area contributed by atoms with Crippen LogP contribution < -0.4 is 0 Å². The molecule has 76 valence electrons. The molecule has 1 unspecified atom stereocenters. The lowest BCUT2D eigenvalue weighted by Crippen LogP contribution is -2.36. The molecule has 1 atom stereocenters. The van der Waals surface area contributed by atoms with E-state index < -0.39 is 5.97 Å². The molecule has 0 saturated carbocycles. The molecule has 0 spiro atoms. The van der Waals surface area contributed by atoms with Gasteiger partial charge in [0, 0.05) is 13.2 Å². The minimum absolute atomic E-state index is 0.0971. The van der Waals surface area contributed by atoms with Gasteiger partial charge < -0.3 is 9.84 Å². The molecule has 1 saturated heterocycles. The number of rotatable bonds is 4. The van der Waals surface area contributed by atoms with Gasteiger partial charge in [-0.15, -0.1) is 0 Å². The number of carboxylic acid groups (broad SMARTS) is 1. The van der Waals surface area contributed by atoms with Crippen LogP contribution in [0.1, 0.15) is 19.3 Å². The second-order valence-electron chi connectivity index (χ2n) is 3.58. The fourth-order valence-corrected chi connectivity index (χ4v) is 1.59. The summed E-state index contributed by atoms with van der Waals surface area (Å²) >= 11 is 0. The Morgan fingerprint density at radius 3 is 2.92 bits per heavy atom. The number of hydrogen-bond donors (Lipinski definition) is 1. The molecule has 0 radical (unpaired) electrons. The summed E-state index contributed by atoms with van der Waals surface area (Å²) in [6, 6.07) is 0. The molecule has 4 nitrogen and oxygen atoms in total. The Morgan fingerprint density at radius 2 is 2.38 bits per heavy atom. The van der Waals surface area contributed by atoms with E-state index in [1.807, 2.05) is 7.05 Å². The number of carboxylic acids is 1. The maximum Gasteiger partial charge on any atom is 0.317 e. The number of likely N-dealkylation sites (N-methyl/N-ethyl adjacent to an activating group) is 1. The van der Waals surface area contributed by atoms with Gasteiger partial charge in [0.2, 0.25) is 0 Å². The average molecular weight is 187 g/mol. The first-order valence-electron chi connectivity index (χ1n) is 4.70. The van der Waals surface area contributed by atoms with Gasteiger partial charge in [-0.2, -0.15) is 0 Å². The summed E-state index contributed by atoms with van der Waals surface area (Å²) in [5.41, 5.74) is 0.